The van der Waals surface area contributed by atoms with Gasteiger partial charge in [0.15, 0.2) is 0 Å². The van der Waals surface area contributed by atoms with Crippen LogP contribution >= 0.6 is 11.6 Å². The molecule has 16 heavy (non-hydrogen) atoms. The van der Waals surface area contributed by atoms with Gasteiger partial charge < -0.3 is 10.6 Å². The molecule has 2 N–H and O–H groups in total. The van der Waals surface area contributed by atoms with Gasteiger partial charge in [-0.25, -0.2) is 0 Å². The van der Waals surface area contributed by atoms with Crippen molar-refractivity contribution in [2.24, 2.45) is 11.1 Å². The number of benzene rings is 1. The Balaban J connectivity index is 2.30. The van der Waals surface area contributed by atoms with Crippen molar-refractivity contribution in [3.8, 4) is 0 Å². The molecule has 0 heterocycles. The van der Waals surface area contributed by atoms with Crippen molar-refractivity contribution in [2.45, 2.75) is 18.9 Å². The Labute approximate surface area is 102 Å². The van der Waals surface area contributed by atoms with Gasteiger partial charge in [-0.15, -0.1) is 0 Å². The second-order valence-electron chi connectivity index (χ2n) is 4.98. The molecule has 1 aromatic rings. The predicted octanol–water partition coefficient (Wildman–Crippen LogP) is 2.68. The number of rotatable bonds is 4. The Morgan fingerprint density at radius 3 is 2.25 bits per heavy atom. The molecule has 2 rings (SSSR count). The zero-order chi connectivity index (χ0) is 11.8. The molecule has 1 saturated carbocycles. The summed E-state index contributed by atoms with van der Waals surface area (Å²) in [6.07, 6.45) is 2.46. The minimum atomic E-state index is 0.289. The molecule has 1 unspecified atom stereocenters. The van der Waals surface area contributed by atoms with E-state index >= 15 is 0 Å². The first-order valence-electron chi connectivity index (χ1n) is 5.71. The lowest BCUT2D eigenvalue weighted by Crippen LogP contribution is -2.33. The number of halogens is 1. The highest BCUT2D eigenvalue weighted by molar-refractivity contribution is 6.30. The van der Waals surface area contributed by atoms with Gasteiger partial charge in [0, 0.05) is 16.5 Å². The fourth-order valence-corrected chi connectivity index (χ4v) is 2.72. The van der Waals surface area contributed by atoms with E-state index in [2.05, 4.69) is 31.1 Å². The fraction of sp³-hybridized carbons (Fsp3) is 0.538. The van der Waals surface area contributed by atoms with Crippen molar-refractivity contribution in [2.75, 3.05) is 20.6 Å². The van der Waals surface area contributed by atoms with Crippen molar-refractivity contribution < 1.29 is 0 Å². The fourth-order valence-electron chi connectivity index (χ4n) is 2.59. The molecule has 88 valence electrons. The maximum atomic E-state index is 5.92. The topological polar surface area (TPSA) is 29.3 Å². The summed E-state index contributed by atoms with van der Waals surface area (Å²) in [6.45, 7) is 0.762. The van der Waals surface area contributed by atoms with Crippen LogP contribution in [-0.4, -0.2) is 25.5 Å². The minimum Gasteiger partial charge on any atom is -0.330 e. The number of hydrogen-bond donors (Lipinski definition) is 1. The van der Waals surface area contributed by atoms with E-state index in [-0.39, 0.29) is 5.41 Å². The second kappa shape index (κ2) is 4.36. The number of nitrogens with two attached hydrogens (primary N) is 1. The number of hydrogen-bond acceptors (Lipinski definition) is 2. The van der Waals surface area contributed by atoms with E-state index in [0.717, 1.165) is 11.6 Å². The molecule has 1 aliphatic carbocycles. The normalized spacial score (nSPS) is 19.8. The molecule has 0 aliphatic heterocycles. The molecule has 2 nitrogen and oxygen atoms in total. The van der Waals surface area contributed by atoms with Gasteiger partial charge in [0.05, 0.1) is 0 Å². The smallest absolute Gasteiger partial charge is 0.0410 e. The Morgan fingerprint density at radius 2 is 1.88 bits per heavy atom. The largest absolute Gasteiger partial charge is 0.330 e. The maximum absolute atomic E-state index is 5.92. The molecule has 1 aliphatic rings. The third-order valence-corrected chi connectivity index (χ3v) is 3.83. The summed E-state index contributed by atoms with van der Waals surface area (Å²) in [5.74, 6) is 0. The van der Waals surface area contributed by atoms with Crippen LogP contribution in [0.1, 0.15) is 24.4 Å². The summed E-state index contributed by atoms with van der Waals surface area (Å²) in [5, 5.41) is 0.791. The van der Waals surface area contributed by atoms with Crippen LogP contribution in [-0.2, 0) is 0 Å². The molecule has 0 saturated heterocycles. The first kappa shape index (κ1) is 11.9. The van der Waals surface area contributed by atoms with Crippen LogP contribution in [0.5, 0.6) is 0 Å². The average Bonchev–Trinajstić information content (AvgIpc) is 3.02. The van der Waals surface area contributed by atoms with E-state index in [1.807, 2.05) is 12.1 Å². The Bertz CT molecular complexity index is 355. The Morgan fingerprint density at radius 1 is 1.31 bits per heavy atom. The average molecular weight is 239 g/mol. The summed E-state index contributed by atoms with van der Waals surface area (Å²) in [7, 11) is 4.24. The lowest BCUT2D eigenvalue weighted by atomic mass is 9.89. The third-order valence-electron chi connectivity index (χ3n) is 3.58. The van der Waals surface area contributed by atoms with Gasteiger partial charge in [-0.3, -0.25) is 0 Å². The van der Waals surface area contributed by atoms with Gasteiger partial charge in [-0.2, -0.15) is 0 Å². The molecule has 1 atom stereocenters. The van der Waals surface area contributed by atoms with E-state index in [4.69, 9.17) is 17.3 Å². The lowest BCUT2D eigenvalue weighted by molar-refractivity contribution is 0.198. The zero-order valence-corrected chi connectivity index (χ0v) is 10.7. The minimum absolute atomic E-state index is 0.289. The van der Waals surface area contributed by atoms with Crippen LogP contribution < -0.4 is 5.73 Å². The molecular formula is C13H19ClN2. The number of nitrogens with zero attached hydrogens (tertiary/aromatic N) is 1. The van der Waals surface area contributed by atoms with Crippen molar-refractivity contribution in [1.82, 2.24) is 4.90 Å². The van der Waals surface area contributed by atoms with Gasteiger partial charge in [0.1, 0.15) is 0 Å². The molecule has 0 amide bonds. The van der Waals surface area contributed by atoms with Crippen LogP contribution in [0, 0.1) is 5.41 Å². The standard InChI is InChI=1S/C13H19ClN2/c1-16(2)12(13(9-15)7-8-13)10-3-5-11(14)6-4-10/h3-6,12H,7-9,15H2,1-2H3. The Hall–Kier alpha value is -0.570. The quantitative estimate of drug-likeness (QED) is 0.874. The molecule has 0 aromatic heterocycles. The van der Waals surface area contributed by atoms with E-state index in [0.29, 0.717) is 6.04 Å². The van der Waals surface area contributed by atoms with E-state index in [9.17, 15) is 0 Å². The van der Waals surface area contributed by atoms with Crippen LogP contribution in [0.4, 0.5) is 0 Å². The van der Waals surface area contributed by atoms with Crippen LogP contribution in [0.3, 0.4) is 0 Å². The first-order valence-corrected chi connectivity index (χ1v) is 6.09. The molecule has 1 fully saturated rings. The van der Waals surface area contributed by atoms with Gasteiger partial charge >= 0.3 is 0 Å². The van der Waals surface area contributed by atoms with E-state index in [1.165, 1.54) is 18.4 Å². The summed E-state index contributed by atoms with van der Waals surface area (Å²) in [4.78, 5) is 2.27. The molecule has 0 radical (unpaired) electrons. The first-order chi connectivity index (χ1) is 7.59. The summed E-state index contributed by atoms with van der Waals surface area (Å²) in [5.41, 5.74) is 7.53. The molecular weight excluding hydrogens is 220 g/mol. The van der Waals surface area contributed by atoms with E-state index in [1.54, 1.807) is 0 Å². The lowest BCUT2D eigenvalue weighted by Gasteiger charge is -2.32. The zero-order valence-electron chi connectivity index (χ0n) is 9.91. The van der Waals surface area contributed by atoms with Gasteiger partial charge in [-0.1, -0.05) is 23.7 Å². The maximum Gasteiger partial charge on any atom is 0.0410 e. The van der Waals surface area contributed by atoms with Gasteiger partial charge in [0.25, 0.3) is 0 Å². The van der Waals surface area contributed by atoms with Crippen LogP contribution in [0.2, 0.25) is 5.02 Å². The van der Waals surface area contributed by atoms with E-state index < -0.39 is 0 Å². The second-order valence-corrected chi connectivity index (χ2v) is 5.42. The Kier molecular flexibility index (Phi) is 3.24. The highest BCUT2D eigenvalue weighted by Gasteiger charge is 2.49. The summed E-state index contributed by atoms with van der Waals surface area (Å²) < 4.78 is 0. The monoisotopic (exact) mass is 238 g/mol. The van der Waals surface area contributed by atoms with Crippen molar-refractivity contribution in [3.63, 3.8) is 0 Å². The van der Waals surface area contributed by atoms with Crippen molar-refractivity contribution in [3.05, 3.63) is 34.9 Å². The SMILES string of the molecule is CN(C)C(c1ccc(Cl)cc1)C1(CN)CC1. The third kappa shape index (κ3) is 2.10. The van der Waals surface area contributed by atoms with Gasteiger partial charge in [-0.05, 0) is 51.2 Å². The summed E-state index contributed by atoms with van der Waals surface area (Å²) in [6, 6.07) is 8.56. The summed E-state index contributed by atoms with van der Waals surface area (Å²) >= 11 is 5.92. The highest BCUT2D eigenvalue weighted by Crippen LogP contribution is 2.55. The molecule has 0 spiro atoms. The van der Waals surface area contributed by atoms with Crippen LogP contribution in [0.15, 0.2) is 24.3 Å². The van der Waals surface area contributed by atoms with Crippen molar-refractivity contribution >= 4 is 11.6 Å². The van der Waals surface area contributed by atoms with Crippen molar-refractivity contribution in [1.29, 1.82) is 0 Å². The van der Waals surface area contributed by atoms with Crippen LogP contribution in [0.25, 0.3) is 0 Å². The molecule has 0 bridgehead atoms. The molecule has 3 heteroatoms. The van der Waals surface area contributed by atoms with Gasteiger partial charge in [0.2, 0.25) is 0 Å². The molecule has 1 aromatic carbocycles. The predicted molar refractivity (Wildman–Crippen MR) is 68.6 cm³/mol. The highest BCUT2D eigenvalue weighted by atomic mass is 35.5.